The van der Waals surface area contributed by atoms with Crippen LogP contribution in [0.15, 0.2) is 64.2 Å². The molecule has 164 valence electrons. The molecule has 0 saturated heterocycles. The van der Waals surface area contributed by atoms with Gasteiger partial charge in [-0.05, 0) is 25.1 Å². The number of hydrogen-bond acceptors (Lipinski definition) is 6. The highest BCUT2D eigenvalue weighted by Gasteiger charge is 2.17. The molecule has 0 radical (unpaired) electrons. The predicted octanol–water partition coefficient (Wildman–Crippen LogP) is 3.30. The van der Waals surface area contributed by atoms with E-state index in [9.17, 15) is 14.0 Å². The van der Waals surface area contributed by atoms with Gasteiger partial charge >= 0.3 is 0 Å². The number of carbonyl (C=O) groups is 1. The van der Waals surface area contributed by atoms with Gasteiger partial charge in [-0.1, -0.05) is 35.5 Å². The normalized spacial score (nSPS) is 10.9. The topological polar surface area (TPSA) is 99.2 Å². The van der Waals surface area contributed by atoms with E-state index in [0.29, 0.717) is 18.7 Å². The first-order chi connectivity index (χ1) is 15.6. The Morgan fingerprint density at radius 2 is 2.06 bits per heavy atom. The molecular weight excluding hydrogens is 415 g/mol. The number of ether oxygens (including phenoxy) is 1. The van der Waals surface area contributed by atoms with Crippen molar-refractivity contribution in [3.05, 3.63) is 76.6 Å². The molecule has 0 fully saturated rings. The van der Waals surface area contributed by atoms with E-state index in [1.54, 1.807) is 6.07 Å². The fourth-order valence-electron chi connectivity index (χ4n) is 3.32. The van der Waals surface area contributed by atoms with E-state index < -0.39 is 11.4 Å². The molecule has 2 heterocycles. The molecule has 2 aromatic heterocycles. The maximum atomic E-state index is 13.6. The van der Waals surface area contributed by atoms with Crippen molar-refractivity contribution >= 4 is 17.0 Å². The number of nitrogens with zero attached hydrogens (tertiary/aromatic N) is 3. The molecule has 4 aromatic rings. The molecule has 9 heteroatoms. The van der Waals surface area contributed by atoms with Crippen molar-refractivity contribution in [3.8, 4) is 17.0 Å². The van der Waals surface area contributed by atoms with Crippen LogP contribution in [-0.2, 0) is 17.9 Å². The van der Waals surface area contributed by atoms with E-state index in [1.165, 1.54) is 29.1 Å². The van der Waals surface area contributed by atoms with Gasteiger partial charge in [-0.25, -0.2) is 9.37 Å². The summed E-state index contributed by atoms with van der Waals surface area (Å²) in [5, 5.41) is 6.86. The van der Waals surface area contributed by atoms with Crippen LogP contribution < -0.4 is 15.6 Å². The summed E-state index contributed by atoms with van der Waals surface area (Å²) in [4.78, 5) is 29.4. The lowest BCUT2D eigenvalue weighted by atomic mass is 10.1. The molecule has 1 amide bonds. The standard InChI is InChI=1S/C23H21FN4O4/c1-2-31-18-9-4-3-6-16(18)13-25-19(29)10-11-28-14-26-22-20(23(28)30)21(27-32-22)15-7-5-8-17(24)12-15/h3-9,12,14H,2,10-11,13H2,1H3,(H,25,29). The summed E-state index contributed by atoms with van der Waals surface area (Å²) < 4.78 is 25.6. The monoisotopic (exact) mass is 436 g/mol. The van der Waals surface area contributed by atoms with Gasteiger partial charge in [0.1, 0.15) is 29.0 Å². The number of fused-ring (bicyclic) bond motifs is 1. The first-order valence-electron chi connectivity index (χ1n) is 10.1. The van der Waals surface area contributed by atoms with Gasteiger partial charge < -0.3 is 14.6 Å². The number of nitrogens with one attached hydrogen (secondary N) is 1. The van der Waals surface area contributed by atoms with Crippen LogP contribution >= 0.6 is 0 Å². The Kier molecular flexibility index (Phi) is 6.25. The van der Waals surface area contributed by atoms with Gasteiger partial charge in [0, 0.05) is 30.6 Å². The molecule has 32 heavy (non-hydrogen) atoms. The molecule has 0 aliphatic rings. The second kappa shape index (κ2) is 9.42. The highest BCUT2D eigenvalue weighted by molar-refractivity contribution is 5.88. The Labute approximate surface area is 182 Å². The molecule has 1 N–H and O–H groups in total. The number of benzene rings is 2. The molecule has 0 unspecified atom stereocenters. The first-order valence-corrected chi connectivity index (χ1v) is 10.1. The average Bonchev–Trinajstić information content (AvgIpc) is 3.23. The van der Waals surface area contributed by atoms with Crippen molar-refractivity contribution in [2.45, 2.75) is 26.4 Å². The van der Waals surface area contributed by atoms with Gasteiger partial charge in [0.2, 0.25) is 5.91 Å². The second-order valence-electron chi connectivity index (χ2n) is 7.03. The van der Waals surface area contributed by atoms with Crippen molar-refractivity contribution in [2.24, 2.45) is 0 Å². The molecule has 0 bridgehead atoms. The van der Waals surface area contributed by atoms with Gasteiger partial charge in [-0.2, -0.15) is 0 Å². The van der Waals surface area contributed by atoms with Crippen molar-refractivity contribution < 1.29 is 18.4 Å². The number of hydrogen-bond donors (Lipinski definition) is 1. The average molecular weight is 436 g/mol. The Morgan fingerprint density at radius 3 is 2.88 bits per heavy atom. The number of rotatable bonds is 8. The van der Waals surface area contributed by atoms with Gasteiger partial charge in [-0.15, -0.1) is 0 Å². The number of amides is 1. The van der Waals surface area contributed by atoms with Crippen LogP contribution in [0.2, 0.25) is 0 Å². The molecule has 0 aliphatic carbocycles. The Hall–Kier alpha value is -4.01. The highest BCUT2D eigenvalue weighted by Crippen LogP contribution is 2.24. The minimum atomic E-state index is -0.453. The zero-order valence-electron chi connectivity index (χ0n) is 17.4. The van der Waals surface area contributed by atoms with Crippen molar-refractivity contribution in [1.82, 2.24) is 20.0 Å². The SMILES string of the molecule is CCOc1ccccc1CNC(=O)CCn1cnc2onc(-c3cccc(F)c3)c2c1=O. The molecule has 0 aliphatic heterocycles. The van der Waals surface area contributed by atoms with Crippen molar-refractivity contribution in [2.75, 3.05) is 6.61 Å². The van der Waals surface area contributed by atoms with E-state index in [2.05, 4.69) is 15.5 Å². The lowest BCUT2D eigenvalue weighted by Crippen LogP contribution is -2.27. The van der Waals surface area contributed by atoms with Crippen LogP contribution in [0, 0.1) is 5.82 Å². The third-order valence-electron chi connectivity index (χ3n) is 4.89. The van der Waals surface area contributed by atoms with Crippen LogP contribution in [0.3, 0.4) is 0 Å². The Bertz CT molecular complexity index is 1310. The van der Waals surface area contributed by atoms with Crippen molar-refractivity contribution in [3.63, 3.8) is 0 Å². The lowest BCUT2D eigenvalue weighted by molar-refractivity contribution is -0.121. The van der Waals surface area contributed by atoms with E-state index in [1.807, 2.05) is 31.2 Å². The minimum Gasteiger partial charge on any atom is -0.494 e. The largest absolute Gasteiger partial charge is 0.494 e. The van der Waals surface area contributed by atoms with Gasteiger partial charge in [0.25, 0.3) is 11.3 Å². The first kappa shape index (κ1) is 21.2. The van der Waals surface area contributed by atoms with Crippen LogP contribution in [0.4, 0.5) is 4.39 Å². The second-order valence-corrected chi connectivity index (χ2v) is 7.03. The summed E-state index contributed by atoms with van der Waals surface area (Å²) in [7, 11) is 0. The zero-order chi connectivity index (χ0) is 22.5. The van der Waals surface area contributed by atoms with E-state index in [-0.39, 0.29) is 35.7 Å². The summed E-state index contributed by atoms with van der Waals surface area (Å²) in [5.74, 6) is 0.0444. The van der Waals surface area contributed by atoms with Crippen LogP contribution in [-0.4, -0.2) is 27.2 Å². The molecule has 4 rings (SSSR count). The number of aromatic nitrogens is 3. The lowest BCUT2D eigenvalue weighted by Gasteiger charge is -2.11. The summed E-state index contributed by atoms with van der Waals surface area (Å²) in [5.41, 5.74) is 1.13. The van der Waals surface area contributed by atoms with E-state index >= 15 is 0 Å². The van der Waals surface area contributed by atoms with Gasteiger partial charge in [-0.3, -0.25) is 14.2 Å². The number of aryl methyl sites for hydroxylation is 1. The fraction of sp³-hybridized carbons (Fsp3) is 0.217. The molecule has 0 atom stereocenters. The quantitative estimate of drug-likeness (QED) is 0.455. The molecule has 8 nitrogen and oxygen atoms in total. The third-order valence-corrected chi connectivity index (χ3v) is 4.89. The number of para-hydroxylation sites is 1. The smallest absolute Gasteiger partial charge is 0.266 e. The molecule has 0 saturated carbocycles. The van der Waals surface area contributed by atoms with E-state index in [0.717, 1.165) is 11.3 Å². The van der Waals surface area contributed by atoms with E-state index in [4.69, 9.17) is 9.26 Å². The Morgan fingerprint density at radius 1 is 1.22 bits per heavy atom. The van der Waals surface area contributed by atoms with Crippen LogP contribution in [0.5, 0.6) is 5.75 Å². The summed E-state index contributed by atoms with van der Waals surface area (Å²) in [6.07, 6.45) is 1.38. The zero-order valence-corrected chi connectivity index (χ0v) is 17.4. The third kappa shape index (κ3) is 4.51. The number of halogens is 1. The molecule has 0 spiro atoms. The highest BCUT2D eigenvalue weighted by atomic mass is 19.1. The molecule has 2 aromatic carbocycles. The van der Waals surface area contributed by atoms with Crippen LogP contribution in [0.1, 0.15) is 18.9 Å². The Balaban J connectivity index is 1.47. The van der Waals surface area contributed by atoms with Crippen molar-refractivity contribution in [1.29, 1.82) is 0 Å². The summed E-state index contributed by atoms with van der Waals surface area (Å²) >= 11 is 0. The molecular formula is C23H21FN4O4. The fourth-order valence-corrected chi connectivity index (χ4v) is 3.32. The summed E-state index contributed by atoms with van der Waals surface area (Å²) in [6, 6.07) is 13.2. The van der Waals surface area contributed by atoms with Gasteiger partial charge in [0.15, 0.2) is 0 Å². The number of carbonyl (C=O) groups excluding carboxylic acids is 1. The summed E-state index contributed by atoms with van der Waals surface area (Å²) in [6.45, 7) is 2.86. The van der Waals surface area contributed by atoms with Crippen LogP contribution in [0.25, 0.3) is 22.4 Å². The maximum absolute atomic E-state index is 13.6. The minimum absolute atomic E-state index is 0.0579. The predicted molar refractivity (Wildman–Crippen MR) is 116 cm³/mol. The maximum Gasteiger partial charge on any atom is 0.266 e. The van der Waals surface area contributed by atoms with Gasteiger partial charge in [0.05, 0.1) is 6.61 Å².